The molecule has 0 saturated heterocycles. The Hall–Kier alpha value is -2.32. The molecule has 0 bridgehead atoms. The van der Waals surface area contributed by atoms with Crippen molar-refractivity contribution >= 4 is 28.2 Å². The average Bonchev–Trinajstić information content (AvgIpc) is 2.53. The molecular weight excluding hydrogens is 284 g/mol. The lowest BCUT2D eigenvalue weighted by molar-refractivity contribution is 0.103. The minimum Gasteiger partial charge on any atom is -0.497 e. The highest BCUT2D eigenvalue weighted by molar-refractivity contribution is 6.31. The molecule has 3 heteroatoms. The molecule has 2 nitrogen and oxygen atoms in total. The van der Waals surface area contributed by atoms with Crippen LogP contribution in [0.2, 0.25) is 5.02 Å². The van der Waals surface area contributed by atoms with Crippen molar-refractivity contribution < 1.29 is 9.53 Å². The second-order valence-corrected chi connectivity index (χ2v) is 5.20. The Labute approximate surface area is 127 Å². The predicted octanol–water partition coefficient (Wildman–Crippen LogP) is 4.73. The molecular formula is C18H13ClO2. The van der Waals surface area contributed by atoms with E-state index in [1.54, 1.807) is 31.4 Å². The van der Waals surface area contributed by atoms with Gasteiger partial charge in [-0.05, 0) is 41.1 Å². The topological polar surface area (TPSA) is 26.3 Å². The number of fused-ring (bicyclic) bond motifs is 1. The molecule has 0 aliphatic heterocycles. The van der Waals surface area contributed by atoms with E-state index in [-0.39, 0.29) is 5.78 Å². The van der Waals surface area contributed by atoms with E-state index >= 15 is 0 Å². The highest BCUT2D eigenvalue weighted by atomic mass is 35.5. The molecule has 0 amide bonds. The number of halogens is 1. The standard InChI is InChI=1S/C18H13ClO2/c1-21-17-8-7-12-9-15(6-5-13(12)11-17)18(20)14-3-2-4-16(19)10-14/h2-11H,1H3. The lowest BCUT2D eigenvalue weighted by Gasteiger charge is -2.06. The molecule has 3 rings (SSSR count). The first-order valence-corrected chi connectivity index (χ1v) is 6.93. The predicted molar refractivity (Wildman–Crippen MR) is 85.4 cm³/mol. The van der Waals surface area contributed by atoms with Gasteiger partial charge in [-0.2, -0.15) is 0 Å². The number of benzene rings is 3. The van der Waals surface area contributed by atoms with Crippen LogP contribution in [0.1, 0.15) is 15.9 Å². The average molecular weight is 297 g/mol. The van der Waals surface area contributed by atoms with E-state index in [1.165, 1.54) is 0 Å². The monoisotopic (exact) mass is 296 g/mol. The fraction of sp³-hybridized carbons (Fsp3) is 0.0556. The van der Waals surface area contributed by atoms with E-state index in [0.717, 1.165) is 16.5 Å². The van der Waals surface area contributed by atoms with Gasteiger partial charge in [0.2, 0.25) is 0 Å². The van der Waals surface area contributed by atoms with Gasteiger partial charge in [0.15, 0.2) is 5.78 Å². The van der Waals surface area contributed by atoms with Crippen molar-refractivity contribution in [1.82, 2.24) is 0 Å². The van der Waals surface area contributed by atoms with Crippen LogP contribution < -0.4 is 4.74 Å². The summed E-state index contributed by atoms with van der Waals surface area (Å²) in [6.45, 7) is 0. The SMILES string of the molecule is COc1ccc2cc(C(=O)c3cccc(Cl)c3)ccc2c1. The van der Waals surface area contributed by atoms with E-state index in [0.29, 0.717) is 16.1 Å². The van der Waals surface area contributed by atoms with Crippen molar-refractivity contribution in [2.75, 3.05) is 7.11 Å². The van der Waals surface area contributed by atoms with Gasteiger partial charge in [0, 0.05) is 16.1 Å². The molecule has 104 valence electrons. The summed E-state index contributed by atoms with van der Waals surface area (Å²) in [5.41, 5.74) is 1.24. The van der Waals surface area contributed by atoms with Crippen LogP contribution in [0, 0.1) is 0 Å². The van der Waals surface area contributed by atoms with Crippen molar-refractivity contribution in [3.05, 3.63) is 76.8 Å². The van der Waals surface area contributed by atoms with Crippen LogP contribution in [0.3, 0.4) is 0 Å². The third kappa shape index (κ3) is 2.76. The number of ether oxygens (including phenoxy) is 1. The molecule has 0 saturated carbocycles. The van der Waals surface area contributed by atoms with Gasteiger partial charge in [0.1, 0.15) is 5.75 Å². The van der Waals surface area contributed by atoms with Crippen LogP contribution >= 0.6 is 11.6 Å². The van der Waals surface area contributed by atoms with Crippen molar-refractivity contribution in [2.45, 2.75) is 0 Å². The zero-order valence-electron chi connectivity index (χ0n) is 11.5. The van der Waals surface area contributed by atoms with Crippen LogP contribution in [0.4, 0.5) is 0 Å². The van der Waals surface area contributed by atoms with Crippen LogP contribution in [0.5, 0.6) is 5.75 Å². The molecule has 0 N–H and O–H groups in total. The number of carbonyl (C=O) groups is 1. The summed E-state index contributed by atoms with van der Waals surface area (Å²) in [7, 11) is 1.64. The lowest BCUT2D eigenvalue weighted by Crippen LogP contribution is -2.00. The first-order chi connectivity index (χ1) is 10.2. The van der Waals surface area contributed by atoms with E-state index in [1.807, 2.05) is 36.4 Å². The van der Waals surface area contributed by atoms with Crippen molar-refractivity contribution in [3.8, 4) is 5.75 Å². The zero-order chi connectivity index (χ0) is 14.8. The lowest BCUT2D eigenvalue weighted by atomic mass is 10.00. The van der Waals surface area contributed by atoms with Gasteiger partial charge in [0.05, 0.1) is 7.11 Å². The molecule has 0 aliphatic rings. The molecule has 0 spiro atoms. The van der Waals surface area contributed by atoms with E-state index < -0.39 is 0 Å². The number of rotatable bonds is 3. The number of hydrogen-bond donors (Lipinski definition) is 0. The van der Waals surface area contributed by atoms with Crippen LogP contribution in [0.15, 0.2) is 60.7 Å². The van der Waals surface area contributed by atoms with Crippen LogP contribution in [0.25, 0.3) is 10.8 Å². The van der Waals surface area contributed by atoms with Crippen LogP contribution in [-0.2, 0) is 0 Å². The number of methoxy groups -OCH3 is 1. The number of ketones is 1. The van der Waals surface area contributed by atoms with Gasteiger partial charge in [0.25, 0.3) is 0 Å². The van der Waals surface area contributed by atoms with E-state index in [4.69, 9.17) is 16.3 Å². The molecule has 21 heavy (non-hydrogen) atoms. The van der Waals surface area contributed by atoms with Gasteiger partial charge in [-0.15, -0.1) is 0 Å². The maximum atomic E-state index is 12.5. The van der Waals surface area contributed by atoms with E-state index in [9.17, 15) is 4.79 Å². The molecule has 0 atom stereocenters. The Morgan fingerprint density at radius 3 is 2.38 bits per heavy atom. The second kappa shape index (κ2) is 5.58. The molecule has 0 fully saturated rings. The third-order valence-electron chi connectivity index (χ3n) is 3.40. The maximum absolute atomic E-state index is 12.5. The minimum absolute atomic E-state index is 0.0322. The Bertz CT molecular complexity index is 824. The van der Waals surface area contributed by atoms with Crippen molar-refractivity contribution in [3.63, 3.8) is 0 Å². The Morgan fingerprint density at radius 2 is 1.62 bits per heavy atom. The summed E-state index contributed by atoms with van der Waals surface area (Å²) in [5.74, 6) is 0.770. The Balaban J connectivity index is 2.03. The summed E-state index contributed by atoms with van der Waals surface area (Å²) in [6.07, 6.45) is 0. The fourth-order valence-electron chi connectivity index (χ4n) is 2.29. The highest BCUT2D eigenvalue weighted by Crippen LogP contribution is 2.23. The van der Waals surface area contributed by atoms with Gasteiger partial charge in [-0.3, -0.25) is 4.79 Å². The first-order valence-electron chi connectivity index (χ1n) is 6.55. The molecule has 0 aliphatic carbocycles. The summed E-state index contributed by atoms with van der Waals surface area (Å²) >= 11 is 5.94. The fourth-order valence-corrected chi connectivity index (χ4v) is 2.48. The first kappa shape index (κ1) is 13.7. The smallest absolute Gasteiger partial charge is 0.193 e. The maximum Gasteiger partial charge on any atom is 0.193 e. The summed E-state index contributed by atoms with van der Waals surface area (Å²) in [5, 5.41) is 2.60. The molecule has 0 aromatic heterocycles. The summed E-state index contributed by atoms with van der Waals surface area (Å²) < 4.78 is 5.20. The molecule has 3 aromatic carbocycles. The third-order valence-corrected chi connectivity index (χ3v) is 3.63. The van der Waals surface area contributed by atoms with Gasteiger partial charge >= 0.3 is 0 Å². The number of carbonyl (C=O) groups excluding carboxylic acids is 1. The van der Waals surface area contributed by atoms with Gasteiger partial charge in [-0.1, -0.05) is 41.9 Å². The van der Waals surface area contributed by atoms with Gasteiger partial charge in [-0.25, -0.2) is 0 Å². The van der Waals surface area contributed by atoms with Crippen LogP contribution in [-0.4, -0.2) is 12.9 Å². The quantitative estimate of drug-likeness (QED) is 0.653. The van der Waals surface area contributed by atoms with Crippen molar-refractivity contribution in [2.24, 2.45) is 0 Å². The number of hydrogen-bond acceptors (Lipinski definition) is 2. The summed E-state index contributed by atoms with van der Waals surface area (Å²) in [6, 6.07) is 18.4. The Morgan fingerprint density at radius 1 is 0.905 bits per heavy atom. The summed E-state index contributed by atoms with van der Waals surface area (Å²) in [4.78, 5) is 12.5. The molecule has 0 heterocycles. The highest BCUT2D eigenvalue weighted by Gasteiger charge is 2.10. The molecule has 0 unspecified atom stereocenters. The zero-order valence-corrected chi connectivity index (χ0v) is 12.2. The van der Waals surface area contributed by atoms with E-state index in [2.05, 4.69) is 0 Å². The van der Waals surface area contributed by atoms with Crippen molar-refractivity contribution in [1.29, 1.82) is 0 Å². The Kier molecular flexibility index (Phi) is 3.63. The van der Waals surface area contributed by atoms with Gasteiger partial charge < -0.3 is 4.74 Å². The normalized spacial score (nSPS) is 10.6. The second-order valence-electron chi connectivity index (χ2n) is 4.77. The largest absolute Gasteiger partial charge is 0.497 e. The minimum atomic E-state index is -0.0322. The molecule has 3 aromatic rings. The molecule has 0 radical (unpaired) electrons.